The highest BCUT2D eigenvalue weighted by Crippen LogP contribution is 2.30. The van der Waals surface area contributed by atoms with Crippen LogP contribution in [0.15, 0.2) is 28.7 Å². The topological polar surface area (TPSA) is 35.5 Å². The molecule has 18 heavy (non-hydrogen) atoms. The fourth-order valence-electron chi connectivity index (χ4n) is 1.81. The maximum Gasteiger partial charge on any atom is 0.334 e. The molecule has 1 aliphatic heterocycles. The van der Waals surface area contributed by atoms with E-state index in [0.29, 0.717) is 25.2 Å². The number of fused-ring (bicyclic) bond motifs is 1. The molecule has 0 bridgehead atoms. The van der Waals surface area contributed by atoms with E-state index in [9.17, 15) is 4.79 Å². The lowest BCUT2D eigenvalue weighted by Crippen LogP contribution is -2.09. The van der Waals surface area contributed by atoms with Gasteiger partial charge in [0.15, 0.2) is 0 Å². The van der Waals surface area contributed by atoms with Gasteiger partial charge in [0.25, 0.3) is 0 Å². The number of benzene rings is 1. The van der Waals surface area contributed by atoms with Crippen molar-refractivity contribution in [2.45, 2.75) is 18.2 Å². The van der Waals surface area contributed by atoms with Gasteiger partial charge in [-0.2, -0.15) is 0 Å². The van der Waals surface area contributed by atoms with E-state index in [2.05, 4.69) is 0 Å². The van der Waals surface area contributed by atoms with Crippen molar-refractivity contribution in [1.82, 2.24) is 0 Å². The monoisotopic (exact) mass is 264 g/mol. The van der Waals surface area contributed by atoms with Crippen LogP contribution in [0.3, 0.4) is 0 Å². The Morgan fingerprint density at radius 3 is 3.06 bits per heavy atom. The van der Waals surface area contributed by atoms with Crippen LogP contribution >= 0.6 is 11.8 Å². The van der Waals surface area contributed by atoms with Crippen LogP contribution in [0.1, 0.15) is 18.9 Å². The Labute approximate surface area is 111 Å². The van der Waals surface area contributed by atoms with Gasteiger partial charge in [-0.05, 0) is 37.5 Å². The molecule has 0 saturated carbocycles. The molecule has 1 aromatic carbocycles. The molecule has 96 valence electrons. The number of carbonyl (C=O) groups excluding carboxylic acids is 1. The van der Waals surface area contributed by atoms with Gasteiger partial charge in [0.2, 0.25) is 0 Å². The van der Waals surface area contributed by atoms with Crippen LogP contribution in [-0.4, -0.2) is 25.4 Å². The summed E-state index contributed by atoms with van der Waals surface area (Å²) in [5.41, 5.74) is 1.62. The van der Waals surface area contributed by atoms with Crippen molar-refractivity contribution in [2.75, 3.05) is 19.5 Å². The summed E-state index contributed by atoms with van der Waals surface area (Å²) in [5, 5.41) is 0. The van der Waals surface area contributed by atoms with Crippen LogP contribution in [-0.2, 0) is 9.53 Å². The van der Waals surface area contributed by atoms with Crippen LogP contribution < -0.4 is 4.74 Å². The average molecular weight is 264 g/mol. The van der Waals surface area contributed by atoms with E-state index in [-0.39, 0.29) is 5.97 Å². The molecule has 1 aromatic rings. The lowest BCUT2D eigenvalue weighted by Gasteiger charge is -2.06. The number of rotatable bonds is 3. The van der Waals surface area contributed by atoms with Crippen LogP contribution in [0.2, 0.25) is 0 Å². The molecular formula is C14H16O3S. The van der Waals surface area contributed by atoms with E-state index in [4.69, 9.17) is 9.47 Å². The highest BCUT2D eigenvalue weighted by atomic mass is 32.2. The molecule has 2 rings (SSSR count). The van der Waals surface area contributed by atoms with E-state index in [1.807, 2.05) is 37.5 Å². The molecule has 0 atom stereocenters. The first-order chi connectivity index (χ1) is 8.74. The van der Waals surface area contributed by atoms with Crippen molar-refractivity contribution in [3.8, 4) is 5.75 Å². The van der Waals surface area contributed by atoms with Gasteiger partial charge < -0.3 is 9.47 Å². The van der Waals surface area contributed by atoms with Crippen molar-refractivity contribution in [3.05, 3.63) is 29.3 Å². The van der Waals surface area contributed by atoms with Crippen molar-refractivity contribution in [1.29, 1.82) is 0 Å². The van der Waals surface area contributed by atoms with E-state index in [1.165, 1.54) is 0 Å². The second-order valence-corrected chi connectivity index (χ2v) is 4.77. The Bertz CT molecular complexity index is 480. The van der Waals surface area contributed by atoms with Crippen molar-refractivity contribution < 1.29 is 14.3 Å². The third-order valence-electron chi connectivity index (χ3n) is 2.71. The molecule has 1 aliphatic rings. The van der Waals surface area contributed by atoms with Gasteiger partial charge >= 0.3 is 5.97 Å². The third-order valence-corrected chi connectivity index (χ3v) is 3.44. The van der Waals surface area contributed by atoms with E-state index in [1.54, 1.807) is 11.8 Å². The quantitative estimate of drug-likeness (QED) is 0.620. The number of esters is 1. The molecule has 0 spiro atoms. The lowest BCUT2D eigenvalue weighted by atomic mass is 10.1. The minimum atomic E-state index is -0.247. The fraction of sp³-hybridized carbons (Fsp3) is 0.357. The number of hydrogen-bond donors (Lipinski definition) is 0. The highest BCUT2D eigenvalue weighted by molar-refractivity contribution is 7.98. The molecule has 0 aliphatic carbocycles. The first-order valence-corrected chi connectivity index (χ1v) is 7.15. The van der Waals surface area contributed by atoms with Crippen molar-refractivity contribution in [2.24, 2.45) is 0 Å². The maximum absolute atomic E-state index is 11.8. The standard InChI is InChI=1S/C14H16O3S/c1-3-16-14(15)10-6-7-17-13-5-4-12(18-2)9-11(13)8-10/h4-5,8-9H,3,6-7H2,1-2H3. The number of carbonyl (C=O) groups is 1. The molecule has 0 saturated heterocycles. The molecule has 0 aromatic heterocycles. The summed E-state index contributed by atoms with van der Waals surface area (Å²) in [6.07, 6.45) is 4.48. The molecule has 1 heterocycles. The van der Waals surface area contributed by atoms with E-state index < -0.39 is 0 Å². The lowest BCUT2D eigenvalue weighted by molar-refractivity contribution is -0.138. The third kappa shape index (κ3) is 2.88. The molecule has 0 unspecified atom stereocenters. The summed E-state index contributed by atoms with van der Waals surface area (Å²) >= 11 is 1.67. The van der Waals surface area contributed by atoms with Gasteiger partial charge in [-0.1, -0.05) is 0 Å². The number of hydrogen-bond acceptors (Lipinski definition) is 4. The molecule has 0 amide bonds. The zero-order valence-corrected chi connectivity index (χ0v) is 11.4. The second kappa shape index (κ2) is 5.96. The number of thioether (sulfide) groups is 1. The van der Waals surface area contributed by atoms with Crippen LogP contribution in [0.4, 0.5) is 0 Å². The Balaban J connectivity index is 2.34. The van der Waals surface area contributed by atoms with Crippen LogP contribution in [0, 0.1) is 0 Å². The van der Waals surface area contributed by atoms with Gasteiger partial charge in [0, 0.05) is 22.5 Å². The van der Waals surface area contributed by atoms with Gasteiger partial charge in [-0.15, -0.1) is 11.8 Å². The minimum Gasteiger partial charge on any atom is -0.493 e. The predicted molar refractivity (Wildman–Crippen MR) is 72.9 cm³/mol. The zero-order valence-electron chi connectivity index (χ0n) is 10.6. The first kappa shape index (κ1) is 13.0. The fourth-order valence-corrected chi connectivity index (χ4v) is 2.26. The molecule has 0 radical (unpaired) electrons. The van der Waals surface area contributed by atoms with Crippen LogP contribution in [0.25, 0.3) is 6.08 Å². The summed E-state index contributed by atoms with van der Waals surface area (Å²) in [7, 11) is 0. The SMILES string of the molecule is CCOC(=O)C1=Cc2cc(SC)ccc2OCC1. The summed E-state index contributed by atoms with van der Waals surface area (Å²) in [6.45, 7) is 2.72. The molecular weight excluding hydrogens is 248 g/mol. The Kier molecular flexibility index (Phi) is 4.31. The second-order valence-electron chi connectivity index (χ2n) is 3.89. The maximum atomic E-state index is 11.8. The van der Waals surface area contributed by atoms with Crippen molar-refractivity contribution >= 4 is 23.8 Å². The molecule has 3 nitrogen and oxygen atoms in total. The van der Waals surface area contributed by atoms with E-state index in [0.717, 1.165) is 16.2 Å². The summed E-state index contributed by atoms with van der Waals surface area (Å²) in [5.74, 6) is 0.579. The van der Waals surface area contributed by atoms with E-state index >= 15 is 0 Å². The van der Waals surface area contributed by atoms with Gasteiger partial charge in [-0.3, -0.25) is 0 Å². The Morgan fingerprint density at radius 2 is 2.33 bits per heavy atom. The van der Waals surface area contributed by atoms with Crippen LogP contribution in [0.5, 0.6) is 5.75 Å². The number of ether oxygens (including phenoxy) is 2. The first-order valence-electron chi connectivity index (χ1n) is 5.93. The summed E-state index contributed by atoms with van der Waals surface area (Å²) in [4.78, 5) is 12.9. The smallest absolute Gasteiger partial charge is 0.334 e. The molecule has 4 heteroatoms. The predicted octanol–water partition coefficient (Wildman–Crippen LogP) is 3.14. The largest absolute Gasteiger partial charge is 0.493 e. The van der Waals surface area contributed by atoms with Gasteiger partial charge in [-0.25, -0.2) is 4.79 Å². The highest BCUT2D eigenvalue weighted by Gasteiger charge is 2.16. The van der Waals surface area contributed by atoms with Crippen molar-refractivity contribution in [3.63, 3.8) is 0 Å². The molecule has 0 fully saturated rings. The van der Waals surface area contributed by atoms with Gasteiger partial charge in [0.05, 0.1) is 13.2 Å². The normalized spacial score (nSPS) is 14.0. The Hall–Kier alpha value is -1.42. The Morgan fingerprint density at radius 1 is 1.50 bits per heavy atom. The summed E-state index contributed by atoms with van der Waals surface area (Å²) < 4.78 is 10.7. The average Bonchev–Trinajstić information content (AvgIpc) is 2.60. The molecule has 0 N–H and O–H groups in total. The minimum absolute atomic E-state index is 0.247. The summed E-state index contributed by atoms with van der Waals surface area (Å²) in [6, 6.07) is 6.00. The zero-order chi connectivity index (χ0) is 13.0. The van der Waals surface area contributed by atoms with Gasteiger partial charge in [0.1, 0.15) is 5.75 Å².